The SMILES string of the molecule is COc1c2c(c(C(=O)C=C(C)C)c3oc(C)cc(=O)c13)OC(C)(C)C=C2. The molecule has 26 heavy (non-hydrogen) atoms. The molecule has 0 saturated carbocycles. The van der Waals surface area contributed by atoms with E-state index in [1.54, 1.807) is 6.92 Å². The molecule has 0 radical (unpaired) electrons. The van der Waals surface area contributed by atoms with Crippen molar-refractivity contribution in [2.24, 2.45) is 0 Å². The first-order chi connectivity index (χ1) is 12.1. The molecule has 0 spiro atoms. The fraction of sp³-hybridized carbons (Fsp3) is 0.333. The van der Waals surface area contributed by atoms with Gasteiger partial charge in [-0.2, -0.15) is 0 Å². The number of ketones is 1. The first-order valence-corrected chi connectivity index (χ1v) is 8.40. The van der Waals surface area contributed by atoms with E-state index in [-0.39, 0.29) is 27.7 Å². The summed E-state index contributed by atoms with van der Waals surface area (Å²) in [6.45, 7) is 9.13. The van der Waals surface area contributed by atoms with Crippen molar-refractivity contribution < 1.29 is 18.7 Å². The fourth-order valence-electron chi connectivity index (χ4n) is 3.09. The Balaban J connectivity index is 2.55. The molecule has 5 heteroatoms. The van der Waals surface area contributed by atoms with Gasteiger partial charge in [-0.15, -0.1) is 0 Å². The van der Waals surface area contributed by atoms with Gasteiger partial charge in [0.05, 0.1) is 12.7 Å². The van der Waals surface area contributed by atoms with Crippen LogP contribution in [0, 0.1) is 6.92 Å². The molecule has 0 amide bonds. The Morgan fingerprint density at radius 2 is 1.96 bits per heavy atom. The van der Waals surface area contributed by atoms with Crippen LogP contribution in [-0.2, 0) is 0 Å². The van der Waals surface area contributed by atoms with E-state index in [1.807, 2.05) is 39.8 Å². The van der Waals surface area contributed by atoms with Gasteiger partial charge >= 0.3 is 0 Å². The third kappa shape index (κ3) is 2.94. The normalized spacial score (nSPS) is 14.5. The lowest BCUT2D eigenvalue weighted by Crippen LogP contribution is -2.29. The highest BCUT2D eigenvalue weighted by molar-refractivity contribution is 6.16. The molecule has 0 saturated heterocycles. The molecule has 136 valence electrons. The maximum atomic E-state index is 13.0. The quantitative estimate of drug-likeness (QED) is 0.602. The van der Waals surface area contributed by atoms with Crippen LogP contribution in [0.15, 0.2) is 33.0 Å². The molecule has 5 nitrogen and oxygen atoms in total. The van der Waals surface area contributed by atoms with Gasteiger partial charge in [0.15, 0.2) is 16.8 Å². The maximum Gasteiger partial charge on any atom is 0.196 e. The second-order valence-electron chi connectivity index (χ2n) is 7.20. The number of carbonyl (C=O) groups is 1. The zero-order valence-corrected chi connectivity index (χ0v) is 15.9. The van der Waals surface area contributed by atoms with E-state index in [0.29, 0.717) is 22.8 Å². The molecule has 0 unspecified atom stereocenters. The Morgan fingerprint density at radius 1 is 1.27 bits per heavy atom. The number of fused-ring (bicyclic) bond motifs is 2. The van der Waals surface area contributed by atoms with E-state index in [1.165, 1.54) is 19.3 Å². The van der Waals surface area contributed by atoms with Gasteiger partial charge in [-0.05, 0) is 52.8 Å². The van der Waals surface area contributed by atoms with E-state index >= 15 is 0 Å². The van der Waals surface area contributed by atoms with E-state index in [9.17, 15) is 9.59 Å². The van der Waals surface area contributed by atoms with Crippen LogP contribution in [0.25, 0.3) is 17.0 Å². The Labute approximate surface area is 151 Å². The van der Waals surface area contributed by atoms with Crippen molar-refractivity contribution in [1.29, 1.82) is 0 Å². The minimum absolute atomic E-state index is 0.194. The smallest absolute Gasteiger partial charge is 0.196 e. The summed E-state index contributed by atoms with van der Waals surface area (Å²) in [6, 6.07) is 1.39. The molecular weight excluding hydrogens is 332 g/mol. The van der Waals surface area contributed by atoms with Crippen LogP contribution in [0.3, 0.4) is 0 Å². The molecule has 0 atom stereocenters. The van der Waals surface area contributed by atoms with Crippen LogP contribution in [0.1, 0.15) is 49.4 Å². The number of ether oxygens (including phenoxy) is 2. The second kappa shape index (κ2) is 6.16. The monoisotopic (exact) mass is 354 g/mol. The summed E-state index contributed by atoms with van der Waals surface area (Å²) in [7, 11) is 1.49. The van der Waals surface area contributed by atoms with Gasteiger partial charge < -0.3 is 13.9 Å². The van der Waals surface area contributed by atoms with Gasteiger partial charge in [0.1, 0.15) is 33.8 Å². The molecular formula is C21H22O5. The van der Waals surface area contributed by atoms with Crippen LogP contribution in [0.4, 0.5) is 0 Å². The van der Waals surface area contributed by atoms with Gasteiger partial charge in [0, 0.05) is 6.07 Å². The summed E-state index contributed by atoms with van der Waals surface area (Å²) in [5.41, 5.74) is 0.993. The molecule has 3 rings (SSSR count). The molecule has 2 heterocycles. The lowest BCUT2D eigenvalue weighted by molar-refractivity contribution is 0.103. The first kappa shape index (κ1) is 18.0. The van der Waals surface area contributed by atoms with Crippen LogP contribution in [-0.4, -0.2) is 18.5 Å². The Kier molecular flexibility index (Phi) is 4.26. The zero-order chi connectivity index (χ0) is 19.2. The minimum atomic E-state index is -0.601. The van der Waals surface area contributed by atoms with Gasteiger partial charge in [-0.25, -0.2) is 0 Å². The van der Waals surface area contributed by atoms with Gasteiger partial charge in [-0.3, -0.25) is 9.59 Å². The van der Waals surface area contributed by atoms with Crippen molar-refractivity contribution in [3.63, 3.8) is 0 Å². The third-order valence-electron chi connectivity index (χ3n) is 4.13. The van der Waals surface area contributed by atoms with Gasteiger partial charge in [-0.1, -0.05) is 5.57 Å². The molecule has 0 N–H and O–H groups in total. The van der Waals surface area contributed by atoms with E-state index in [2.05, 4.69) is 0 Å². The lowest BCUT2D eigenvalue weighted by Gasteiger charge is -2.30. The average molecular weight is 354 g/mol. The molecule has 1 aromatic carbocycles. The Bertz CT molecular complexity index is 1030. The number of aryl methyl sites for hydroxylation is 1. The van der Waals surface area contributed by atoms with Crippen LogP contribution < -0.4 is 14.9 Å². The Hall–Kier alpha value is -2.82. The van der Waals surface area contributed by atoms with Crippen LogP contribution in [0.2, 0.25) is 0 Å². The summed E-state index contributed by atoms with van der Waals surface area (Å²) in [6.07, 6.45) is 5.21. The lowest BCUT2D eigenvalue weighted by atomic mass is 9.94. The number of methoxy groups -OCH3 is 1. The van der Waals surface area contributed by atoms with E-state index in [4.69, 9.17) is 13.9 Å². The van der Waals surface area contributed by atoms with E-state index in [0.717, 1.165) is 5.57 Å². The molecule has 0 aliphatic carbocycles. The number of allylic oxidation sites excluding steroid dienone is 2. The molecule has 0 bridgehead atoms. The van der Waals surface area contributed by atoms with Crippen LogP contribution in [0.5, 0.6) is 11.5 Å². The number of rotatable bonds is 3. The summed E-state index contributed by atoms with van der Waals surface area (Å²) < 4.78 is 17.4. The predicted octanol–water partition coefficient (Wildman–Crippen LogP) is 4.44. The largest absolute Gasteiger partial charge is 0.495 e. The number of carbonyl (C=O) groups excluding carboxylic acids is 1. The van der Waals surface area contributed by atoms with Crippen molar-refractivity contribution in [2.75, 3.05) is 7.11 Å². The summed E-state index contributed by atoms with van der Waals surface area (Å²) >= 11 is 0. The minimum Gasteiger partial charge on any atom is -0.495 e. The fourth-order valence-corrected chi connectivity index (χ4v) is 3.09. The van der Waals surface area contributed by atoms with E-state index < -0.39 is 5.60 Å². The zero-order valence-electron chi connectivity index (χ0n) is 15.9. The highest BCUT2D eigenvalue weighted by Crippen LogP contribution is 2.45. The number of benzene rings is 1. The highest BCUT2D eigenvalue weighted by Gasteiger charge is 2.32. The molecule has 1 aliphatic rings. The highest BCUT2D eigenvalue weighted by atomic mass is 16.5. The van der Waals surface area contributed by atoms with Crippen molar-refractivity contribution in [1.82, 2.24) is 0 Å². The number of hydrogen-bond donors (Lipinski definition) is 0. The van der Waals surface area contributed by atoms with Crippen molar-refractivity contribution >= 4 is 22.8 Å². The topological polar surface area (TPSA) is 65.7 Å². The predicted molar refractivity (Wildman–Crippen MR) is 101 cm³/mol. The number of hydrogen-bond acceptors (Lipinski definition) is 5. The summed E-state index contributed by atoms with van der Waals surface area (Å²) in [5, 5.41) is 0.246. The molecule has 1 aliphatic heterocycles. The standard InChI is InChI=1S/C21H22O5/c1-11(2)9-14(22)17-19-13(7-8-21(4,5)26-19)18(24-6)16-15(23)10-12(3)25-20(16)17/h7-10H,1-6H3. The molecule has 0 fully saturated rings. The van der Waals surface area contributed by atoms with Crippen molar-refractivity contribution in [3.05, 3.63) is 50.9 Å². The van der Waals surface area contributed by atoms with Gasteiger partial charge in [0.2, 0.25) is 0 Å². The molecule has 1 aromatic heterocycles. The summed E-state index contributed by atoms with van der Waals surface area (Å²) in [4.78, 5) is 25.6. The Morgan fingerprint density at radius 3 is 2.58 bits per heavy atom. The third-order valence-corrected chi connectivity index (χ3v) is 4.13. The van der Waals surface area contributed by atoms with Crippen molar-refractivity contribution in [3.8, 4) is 11.5 Å². The van der Waals surface area contributed by atoms with Gasteiger partial charge in [0.25, 0.3) is 0 Å². The maximum absolute atomic E-state index is 13.0. The molecule has 2 aromatic rings. The van der Waals surface area contributed by atoms with Crippen molar-refractivity contribution in [2.45, 2.75) is 40.2 Å². The summed E-state index contributed by atoms with van der Waals surface area (Å²) in [5.74, 6) is 0.873. The second-order valence-corrected chi connectivity index (χ2v) is 7.20. The van der Waals surface area contributed by atoms with Crippen LogP contribution >= 0.6 is 0 Å². The average Bonchev–Trinajstić information content (AvgIpc) is 2.50. The first-order valence-electron chi connectivity index (χ1n) is 8.40.